The van der Waals surface area contributed by atoms with Gasteiger partial charge in [0.25, 0.3) is 0 Å². The standard InChI is InChI=1S/C26H26F3N3O2/c1-17-14-24-30-22(8-5-13-26(27,28)29)23(32(24)31(2)16-17)15-18-9-11-19(12-10-18)20-6-3-4-7-21(20)25(33)34/h3-4,6-7,9-12,14,16,23H,5,8,13,15H2,1-2H3,(H,33,34). The molecule has 1 atom stereocenters. The van der Waals surface area contributed by atoms with Crippen LogP contribution in [0.2, 0.25) is 0 Å². The number of benzene rings is 2. The van der Waals surface area contributed by atoms with Crippen LogP contribution in [0.5, 0.6) is 0 Å². The molecule has 0 radical (unpaired) electrons. The molecule has 1 unspecified atom stereocenters. The Morgan fingerprint density at radius 1 is 1.12 bits per heavy atom. The van der Waals surface area contributed by atoms with Gasteiger partial charge in [0, 0.05) is 31.8 Å². The zero-order valence-corrected chi connectivity index (χ0v) is 19.0. The van der Waals surface area contributed by atoms with E-state index < -0.39 is 18.6 Å². The minimum atomic E-state index is -4.18. The van der Waals surface area contributed by atoms with Crippen LogP contribution in [0, 0.1) is 0 Å². The van der Waals surface area contributed by atoms with Crippen LogP contribution < -0.4 is 0 Å². The van der Waals surface area contributed by atoms with Gasteiger partial charge in [-0.3, -0.25) is 10.0 Å². The van der Waals surface area contributed by atoms with E-state index in [0.29, 0.717) is 12.0 Å². The van der Waals surface area contributed by atoms with Crippen LogP contribution in [0.4, 0.5) is 13.2 Å². The molecule has 2 heterocycles. The van der Waals surface area contributed by atoms with Gasteiger partial charge in [0.1, 0.15) is 5.82 Å². The molecule has 0 bridgehead atoms. The van der Waals surface area contributed by atoms with Crippen molar-refractivity contribution >= 4 is 11.7 Å². The van der Waals surface area contributed by atoms with E-state index in [-0.39, 0.29) is 24.4 Å². The highest BCUT2D eigenvalue weighted by Gasteiger charge is 2.36. The Hall–Kier alpha value is -3.55. The summed E-state index contributed by atoms with van der Waals surface area (Å²) in [5, 5.41) is 13.4. The molecule has 2 aliphatic heterocycles. The van der Waals surface area contributed by atoms with Gasteiger partial charge in [0.05, 0.1) is 11.6 Å². The Morgan fingerprint density at radius 2 is 1.82 bits per heavy atom. The molecule has 0 fully saturated rings. The molecule has 0 aromatic heterocycles. The Bertz CT molecular complexity index is 1170. The number of fused-ring (bicyclic) bond motifs is 1. The van der Waals surface area contributed by atoms with Gasteiger partial charge in [0.2, 0.25) is 0 Å². The van der Waals surface area contributed by atoms with Gasteiger partial charge in [0.15, 0.2) is 0 Å². The molecule has 2 aromatic rings. The Balaban J connectivity index is 1.56. The second-order valence-corrected chi connectivity index (χ2v) is 8.63. The first-order valence-corrected chi connectivity index (χ1v) is 11.1. The number of rotatable bonds is 7. The van der Waals surface area contributed by atoms with Crippen LogP contribution in [0.25, 0.3) is 11.1 Å². The number of aromatic carboxylic acids is 1. The van der Waals surface area contributed by atoms with E-state index in [1.165, 1.54) is 0 Å². The van der Waals surface area contributed by atoms with Gasteiger partial charge < -0.3 is 5.11 Å². The summed E-state index contributed by atoms with van der Waals surface area (Å²) in [5.74, 6) is -0.248. The second-order valence-electron chi connectivity index (χ2n) is 8.63. The van der Waals surface area contributed by atoms with Crippen molar-refractivity contribution in [1.29, 1.82) is 0 Å². The number of carbonyl (C=O) groups is 1. The molecule has 178 valence electrons. The Kier molecular flexibility index (Phi) is 6.50. The van der Waals surface area contributed by atoms with Crippen LogP contribution in [-0.2, 0) is 6.42 Å². The quantitative estimate of drug-likeness (QED) is 0.536. The molecule has 0 spiro atoms. The summed E-state index contributed by atoms with van der Waals surface area (Å²) >= 11 is 0. The first kappa shape index (κ1) is 23.6. The number of hydrogen-bond donors (Lipinski definition) is 1. The minimum Gasteiger partial charge on any atom is -0.478 e. The van der Waals surface area contributed by atoms with Crippen molar-refractivity contribution in [3.8, 4) is 11.1 Å². The summed E-state index contributed by atoms with van der Waals surface area (Å²) in [7, 11) is 1.91. The van der Waals surface area contributed by atoms with Gasteiger partial charge in [-0.2, -0.15) is 13.2 Å². The molecule has 5 nitrogen and oxygen atoms in total. The summed E-state index contributed by atoms with van der Waals surface area (Å²) in [6.07, 6.45) is -0.261. The molecule has 0 amide bonds. The highest BCUT2D eigenvalue weighted by atomic mass is 19.4. The third kappa shape index (κ3) is 5.16. The molecule has 2 aromatic carbocycles. The average Bonchev–Trinajstić information content (AvgIpc) is 3.10. The molecular formula is C26H26F3N3O2. The molecule has 4 rings (SSSR count). The number of aliphatic imine (C=N–C) groups is 1. The number of hydrazine groups is 1. The molecule has 34 heavy (non-hydrogen) atoms. The highest BCUT2D eigenvalue weighted by molar-refractivity contribution is 5.96. The molecular weight excluding hydrogens is 443 g/mol. The Labute approximate surface area is 196 Å². The van der Waals surface area contributed by atoms with Crippen LogP contribution in [-0.4, -0.2) is 46.1 Å². The van der Waals surface area contributed by atoms with Crippen LogP contribution >= 0.6 is 0 Å². The predicted molar refractivity (Wildman–Crippen MR) is 125 cm³/mol. The van der Waals surface area contributed by atoms with Crippen molar-refractivity contribution in [2.45, 2.75) is 44.8 Å². The first-order chi connectivity index (χ1) is 16.1. The molecule has 0 saturated heterocycles. The summed E-state index contributed by atoms with van der Waals surface area (Å²) in [6.45, 7) is 1.96. The van der Waals surface area contributed by atoms with Gasteiger partial charge >= 0.3 is 12.1 Å². The van der Waals surface area contributed by atoms with Crippen LogP contribution in [0.1, 0.15) is 42.1 Å². The number of carboxylic acids is 1. The van der Waals surface area contributed by atoms with Crippen molar-refractivity contribution in [1.82, 2.24) is 10.0 Å². The molecule has 0 saturated carbocycles. The van der Waals surface area contributed by atoms with Crippen molar-refractivity contribution in [3.05, 3.63) is 83.3 Å². The molecule has 2 aliphatic rings. The first-order valence-electron chi connectivity index (χ1n) is 11.1. The van der Waals surface area contributed by atoms with E-state index in [4.69, 9.17) is 4.99 Å². The monoisotopic (exact) mass is 469 g/mol. The number of alkyl halides is 3. The van der Waals surface area contributed by atoms with E-state index in [9.17, 15) is 23.1 Å². The minimum absolute atomic E-state index is 0.000981. The lowest BCUT2D eigenvalue weighted by Gasteiger charge is -2.37. The number of hydrogen-bond acceptors (Lipinski definition) is 4. The topological polar surface area (TPSA) is 56.1 Å². The predicted octanol–water partition coefficient (Wildman–Crippen LogP) is 6.06. The average molecular weight is 470 g/mol. The van der Waals surface area contributed by atoms with E-state index in [1.807, 2.05) is 60.5 Å². The fraction of sp³-hybridized carbons (Fsp3) is 0.308. The summed E-state index contributed by atoms with van der Waals surface area (Å²) in [5.41, 5.74) is 4.42. The lowest BCUT2D eigenvalue weighted by Crippen LogP contribution is -2.45. The molecule has 8 heteroatoms. The maximum Gasteiger partial charge on any atom is 0.389 e. The summed E-state index contributed by atoms with van der Waals surface area (Å²) < 4.78 is 38.2. The zero-order chi connectivity index (χ0) is 24.5. The van der Waals surface area contributed by atoms with Gasteiger partial charge in [-0.25, -0.2) is 9.79 Å². The number of allylic oxidation sites excluding steroid dienone is 2. The van der Waals surface area contributed by atoms with E-state index in [2.05, 4.69) is 0 Å². The maximum atomic E-state index is 12.7. The van der Waals surface area contributed by atoms with E-state index >= 15 is 0 Å². The summed E-state index contributed by atoms with van der Waals surface area (Å²) in [4.78, 5) is 16.3. The summed E-state index contributed by atoms with van der Waals surface area (Å²) in [6, 6.07) is 14.3. The van der Waals surface area contributed by atoms with Gasteiger partial charge in [-0.15, -0.1) is 0 Å². The van der Waals surface area contributed by atoms with Gasteiger partial charge in [-0.05, 0) is 54.2 Å². The van der Waals surface area contributed by atoms with Crippen molar-refractivity contribution in [3.63, 3.8) is 0 Å². The largest absolute Gasteiger partial charge is 0.478 e. The smallest absolute Gasteiger partial charge is 0.389 e. The fourth-order valence-electron chi connectivity index (χ4n) is 4.51. The lowest BCUT2D eigenvalue weighted by atomic mass is 9.95. The second kappa shape index (κ2) is 9.37. The Morgan fingerprint density at radius 3 is 2.50 bits per heavy atom. The number of halogens is 3. The number of carboxylic acid groups (broad SMARTS) is 1. The van der Waals surface area contributed by atoms with Gasteiger partial charge in [-0.1, -0.05) is 42.5 Å². The fourth-order valence-corrected chi connectivity index (χ4v) is 4.51. The highest BCUT2D eigenvalue weighted by Crippen LogP contribution is 2.33. The third-order valence-electron chi connectivity index (χ3n) is 6.00. The molecule has 1 N–H and O–H groups in total. The van der Waals surface area contributed by atoms with E-state index in [1.54, 1.807) is 24.3 Å². The lowest BCUT2D eigenvalue weighted by molar-refractivity contribution is -0.135. The molecule has 0 aliphatic carbocycles. The van der Waals surface area contributed by atoms with E-state index in [0.717, 1.165) is 28.2 Å². The normalized spacial score (nSPS) is 17.8. The zero-order valence-electron chi connectivity index (χ0n) is 19.0. The van der Waals surface area contributed by atoms with Crippen molar-refractivity contribution in [2.75, 3.05) is 7.05 Å². The SMILES string of the molecule is CC1=CN(C)N2C(=C1)N=C(CCCC(F)(F)F)C2Cc1ccc(-c2ccccc2C(=O)O)cc1. The maximum absolute atomic E-state index is 12.7. The van der Waals surface area contributed by atoms with Crippen molar-refractivity contribution < 1.29 is 23.1 Å². The van der Waals surface area contributed by atoms with Crippen LogP contribution in [0.15, 0.2) is 77.2 Å². The van der Waals surface area contributed by atoms with Crippen molar-refractivity contribution in [2.24, 2.45) is 4.99 Å². The third-order valence-corrected chi connectivity index (χ3v) is 6.00. The number of nitrogens with zero attached hydrogens (tertiary/aromatic N) is 3. The van der Waals surface area contributed by atoms with Crippen LogP contribution in [0.3, 0.4) is 0 Å².